The van der Waals surface area contributed by atoms with Crippen molar-refractivity contribution in [3.8, 4) is 0 Å². The molecule has 1 saturated carbocycles. The molecule has 6 heteroatoms. The van der Waals surface area contributed by atoms with E-state index in [-0.39, 0.29) is 18.0 Å². The maximum atomic E-state index is 13.0. The highest BCUT2D eigenvalue weighted by atomic mass is 19.4. The van der Waals surface area contributed by atoms with Gasteiger partial charge in [0.1, 0.15) is 0 Å². The minimum Gasteiger partial charge on any atom is -0.310 e. The molecule has 1 fully saturated rings. The highest BCUT2D eigenvalue weighted by molar-refractivity contribution is 5.26. The summed E-state index contributed by atoms with van der Waals surface area (Å²) in [7, 11) is 1.84. The van der Waals surface area contributed by atoms with Crippen LogP contribution in [0.15, 0.2) is 42.5 Å². The number of hydrogen-bond acceptors (Lipinski definition) is 2. The molecule has 0 aromatic carbocycles. The minimum atomic E-state index is -4.41. The molecule has 1 aromatic rings. The normalized spacial score (nSPS) is 28.2. The average Bonchev–Trinajstić information content (AvgIpc) is 3.17. The molecule has 118 valence electrons. The van der Waals surface area contributed by atoms with Crippen molar-refractivity contribution in [2.75, 3.05) is 7.05 Å². The molecule has 0 saturated heterocycles. The second-order valence-electron chi connectivity index (χ2n) is 5.63. The number of likely N-dealkylation sites (N-methyl/N-ethyl adjacent to an activating group) is 1. The Hall–Kier alpha value is -1.82. The molecular formula is C16H18F3N3. The van der Waals surface area contributed by atoms with Crippen LogP contribution in [0.4, 0.5) is 13.2 Å². The van der Waals surface area contributed by atoms with Crippen LogP contribution in [0.1, 0.15) is 36.2 Å². The zero-order valence-corrected chi connectivity index (χ0v) is 12.2. The van der Waals surface area contributed by atoms with Gasteiger partial charge < -0.3 is 5.32 Å². The van der Waals surface area contributed by atoms with E-state index in [2.05, 4.69) is 10.4 Å². The van der Waals surface area contributed by atoms with Crippen LogP contribution >= 0.6 is 0 Å². The average molecular weight is 309 g/mol. The van der Waals surface area contributed by atoms with Crippen LogP contribution in [-0.2, 0) is 6.18 Å². The minimum absolute atomic E-state index is 0.0643. The fourth-order valence-corrected chi connectivity index (χ4v) is 2.55. The van der Waals surface area contributed by atoms with Crippen LogP contribution in [-0.4, -0.2) is 22.9 Å². The molecule has 0 bridgehead atoms. The van der Waals surface area contributed by atoms with E-state index in [9.17, 15) is 13.2 Å². The van der Waals surface area contributed by atoms with Crippen molar-refractivity contribution < 1.29 is 13.2 Å². The molecule has 1 heterocycles. The Labute approximate surface area is 127 Å². The van der Waals surface area contributed by atoms with E-state index in [0.29, 0.717) is 5.69 Å². The second-order valence-corrected chi connectivity index (χ2v) is 5.63. The lowest BCUT2D eigenvalue weighted by Crippen LogP contribution is -2.21. The summed E-state index contributed by atoms with van der Waals surface area (Å²) in [4.78, 5) is 0. The van der Waals surface area contributed by atoms with Crippen LogP contribution < -0.4 is 5.32 Å². The number of nitrogens with one attached hydrogen (secondary N) is 1. The van der Waals surface area contributed by atoms with Crippen molar-refractivity contribution in [2.45, 2.75) is 37.0 Å². The summed E-state index contributed by atoms with van der Waals surface area (Å²) in [5.74, 6) is 0.200. The van der Waals surface area contributed by atoms with Crippen molar-refractivity contribution in [2.24, 2.45) is 0 Å². The molecule has 0 aliphatic heterocycles. The van der Waals surface area contributed by atoms with Gasteiger partial charge in [-0.15, -0.1) is 0 Å². The van der Waals surface area contributed by atoms with E-state index < -0.39 is 11.9 Å². The number of rotatable bonds is 3. The van der Waals surface area contributed by atoms with E-state index in [1.165, 1.54) is 10.7 Å². The van der Waals surface area contributed by atoms with Crippen LogP contribution in [0, 0.1) is 0 Å². The molecule has 0 radical (unpaired) electrons. The van der Waals surface area contributed by atoms with Crippen molar-refractivity contribution >= 4 is 0 Å². The molecule has 1 aromatic heterocycles. The number of alkyl halides is 3. The van der Waals surface area contributed by atoms with Crippen molar-refractivity contribution in [1.29, 1.82) is 0 Å². The lowest BCUT2D eigenvalue weighted by atomic mass is 10.1. The van der Waals surface area contributed by atoms with Gasteiger partial charge in [-0.25, -0.2) is 0 Å². The first-order chi connectivity index (χ1) is 10.5. The van der Waals surface area contributed by atoms with Crippen LogP contribution in [0.3, 0.4) is 0 Å². The topological polar surface area (TPSA) is 29.9 Å². The summed E-state index contributed by atoms with van der Waals surface area (Å²) in [6.45, 7) is 0. The van der Waals surface area contributed by atoms with Gasteiger partial charge in [0, 0.05) is 17.7 Å². The van der Waals surface area contributed by atoms with Gasteiger partial charge in [-0.05, 0) is 26.0 Å². The fraction of sp³-hybridized carbons (Fsp3) is 0.438. The molecule has 0 amide bonds. The molecule has 3 nitrogen and oxygen atoms in total. The molecule has 3 rings (SSSR count). The Morgan fingerprint density at radius 2 is 1.86 bits per heavy atom. The summed E-state index contributed by atoms with van der Waals surface area (Å²) < 4.78 is 40.4. The number of allylic oxidation sites excluding steroid dienone is 4. The smallest absolute Gasteiger partial charge is 0.310 e. The first-order valence-electron chi connectivity index (χ1n) is 7.36. The largest absolute Gasteiger partial charge is 0.435 e. The zero-order valence-electron chi connectivity index (χ0n) is 12.2. The fourth-order valence-electron chi connectivity index (χ4n) is 2.55. The second kappa shape index (κ2) is 5.76. The summed E-state index contributed by atoms with van der Waals surface area (Å²) in [6, 6.07) is 0.964. The van der Waals surface area contributed by atoms with Gasteiger partial charge >= 0.3 is 6.18 Å². The van der Waals surface area contributed by atoms with E-state index in [0.717, 1.165) is 12.8 Å². The summed E-state index contributed by atoms with van der Waals surface area (Å²) in [6.07, 6.45) is 8.87. The summed E-state index contributed by atoms with van der Waals surface area (Å²) in [5.41, 5.74) is -0.129. The molecule has 0 spiro atoms. The maximum absolute atomic E-state index is 13.0. The third kappa shape index (κ3) is 3.16. The standard InChI is InChI=1S/C16H18F3N3/c1-20-12-4-2-3-5-13(9-8-12)22-14(11-6-7-11)10-15(21-22)16(17,18)19/h2-5,8-13,20H,6-7H2,1H3/b4-2-,5-3?,9-8-. The van der Waals surface area contributed by atoms with Crippen LogP contribution in [0.2, 0.25) is 0 Å². The quantitative estimate of drug-likeness (QED) is 0.865. The molecule has 22 heavy (non-hydrogen) atoms. The monoisotopic (exact) mass is 309 g/mol. The number of hydrogen-bond donors (Lipinski definition) is 1. The van der Waals surface area contributed by atoms with E-state index in [4.69, 9.17) is 0 Å². The molecule has 2 aliphatic carbocycles. The molecule has 2 aliphatic rings. The van der Waals surface area contributed by atoms with Gasteiger partial charge in [0.15, 0.2) is 5.69 Å². The maximum Gasteiger partial charge on any atom is 0.435 e. The molecule has 1 N–H and O–H groups in total. The van der Waals surface area contributed by atoms with Gasteiger partial charge in [0.05, 0.1) is 6.04 Å². The third-order valence-corrected chi connectivity index (χ3v) is 3.92. The van der Waals surface area contributed by atoms with E-state index in [1.807, 2.05) is 43.5 Å². The Balaban J connectivity index is 1.97. The Bertz CT molecular complexity index is 621. The first-order valence-corrected chi connectivity index (χ1v) is 7.36. The van der Waals surface area contributed by atoms with E-state index in [1.54, 1.807) is 0 Å². The van der Waals surface area contributed by atoms with Crippen molar-refractivity contribution in [1.82, 2.24) is 15.1 Å². The highest BCUT2D eigenvalue weighted by Crippen LogP contribution is 2.43. The van der Waals surface area contributed by atoms with E-state index >= 15 is 0 Å². The van der Waals surface area contributed by atoms with Gasteiger partial charge in [-0.2, -0.15) is 18.3 Å². The highest BCUT2D eigenvalue weighted by Gasteiger charge is 2.38. The van der Waals surface area contributed by atoms with Gasteiger partial charge in [0.2, 0.25) is 0 Å². The lowest BCUT2D eigenvalue weighted by Gasteiger charge is -2.16. The van der Waals surface area contributed by atoms with Gasteiger partial charge in [-0.3, -0.25) is 4.68 Å². The molecule has 2 unspecified atom stereocenters. The Morgan fingerprint density at radius 3 is 2.50 bits per heavy atom. The molecular weight excluding hydrogens is 291 g/mol. The Kier molecular flexibility index (Phi) is 3.95. The van der Waals surface area contributed by atoms with Crippen molar-refractivity contribution in [3.63, 3.8) is 0 Å². The predicted octanol–water partition coefficient (Wildman–Crippen LogP) is 3.59. The first kappa shape index (κ1) is 15.1. The number of nitrogens with zero attached hydrogens (tertiary/aromatic N) is 2. The number of halogens is 3. The van der Waals surface area contributed by atoms with Gasteiger partial charge in [0.25, 0.3) is 0 Å². The van der Waals surface area contributed by atoms with Crippen molar-refractivity contribution in [3.05, 3.63) is 53.9 Å². The Morgan fingerprint density at radius 1 is 1.14 bits per heavy atom. The lowest BCUT2D eigenvalue weighted by molar-refractivity contribution is -0.141. The van der Waals surface area contributed by atoms with Crippen LogP contribution in [0.25, 0.3) is 0 Å². The summed E-state index contributed by atoms with van der Waals surface area (Å²) in [5, 5.41) is 6.94. The SMILES string of the molecule is CNC1/C=C\C=CC(n2nc(C(F)(F)F)cc2C2CC2)/C=C\1. The number of aromatic nitrogens is 2. The zero-order chi connectivity index (χ0) is 15.7. The van der Waals surface area contributed by atoms with Gasteiger partial charge in [-0.1, -0.05) is 36.5 Å². The molecule has 2 atom stereocenters. The predicted molar refractivity (Wildman–Crippen MR) is 78.5 cm³/mol. The summed E-state index contributed by atoms with van der Waals surface area (Å²) >= 11 is 0. The third-order valence-electron chi connectivity index (χ3n) is 3.92. The van der Waals surface area contributed by atoms with Crippen LogP contribution in [0.5, 0.6) is 0 Å².